The van der Waals surface area contributed by atoms with Gasteiger partial charge in [-0.25, -0.2) is 0 Å². The van der Waals surface area contributed by atoms with E-state index < -0.39 is 0 Å². The topological polar surface area (TPSA) is 24.5 Å². The van der Waals surface area contributed by atoms with Crippen molar-refractivity contribution in [1.29, 1.82) is 0 Å². The molecule has 0 unspecified atom stereocenters. The largest absolute Gasteiger partial charge is 0.380 e. The lowest BCUT2D eigenvalue weighted by Crippen LogP contribution is -2.42. The summed E-state index contributed by atoms with van der Waals surface area (Å²) < 4.78 is 5.72. The predicted molar refractivity (Wildman–Crippen MR) is 75.5 cm³/mol. The van der Waals surface area contributed by atoms with Crippen LogP contribution in [0.4, 0.5) is 0 Å². The zero-order chi connectivity index (χ0) is 13.3. The number of hydrogen-bond acceptors (Lipinski definition) is 3. The van der Waals surface area contributed by atoms with Crippen molar-refractivity contribution in [3.8, 4) is 0 Å². The number of hydrogen-bond donors (Lipinski definition) is 1. The first-order valence-electron chi connectivity index (χ1n) is 6.82. The van der Waals surface area contributed by atoms with Crippen LogP contribution < -0.4 is 5.32 Å². The summed E-state index contributed by atoms with van der Waals surface area (Å²) in [7, 11) is 4.19. The van der Waals surface area contributed by atoms with Crippen LogP contribution in [-0.4, -0.2) is 50.8 Å². The van der Waals surface area contributed by atoms with Gasteiger partial charge in [0, 0.05) is 12.1 Å². The van der Waals surface area contributed by atoms with E-state index in [0.29, 0.717) is 0 Å². The normalized spacial score (nSPS) is 12.7. The average Bonchev–Trinajstić information content (AvgIpc) is 2.21. The molecule has 17 heavy (non-hydrogen) atoms. The highest BCUT2D eigenvalue weighted by molar-refractivity contribution is 4.75. The van der Waals surface area contributed by atoms with Crippen molar-refractivity contribution in [2.75, 3.05) is 40.4 Å². The van der Waals surface area contributed by atoms with E-state index in [4.69, 9.17) is 4.74 Å². The molecule has 0 aliphatic carbocycles. The Bertz CT molecular complexity index is 179. The molecule has 0 aliphatic rings. The van der Waals surface area contributed by atoms with E-state index in [1.807, 2.05) is 0 Å². The van der Waals surface area contributed by atoms with Gasteiger partial charge in [0.15, 0.2) is 0 Å². The molecule has 0 aromatic rings. The fraction of sp³-hybridized carbons (Fsp3) is 1.00. The Hall–Kier alpha value is -0.120. The summed E-state index contributed by atoms with van der Waals surface area (Å²) in [5.41, 5.74) is 0.135. The lowest BCUT2D eigenvalue weighted by molar-refractivity contribution is 0.0347. The van der Waals surface area contributed by atoms with Crippen molar-refractivity contribution in [2.24, 2.45) is 5.92 Å². The molecule has 0 atom stereocenters. The van der Waals surface area contributed by atoms with Gasteiger partial charge in [0.25, 0.3) is 0 Å². The van der Waals surface area contributed by atoms with E-state index >= 15 is 0 Å². The average molecular weight is 244 g/mol. The highest BCUT2D eigenvalue weighted by Crippen LogP contribution is 2.10. The number of nitrogens with zero attached hydrogens (tertiary/aromatic N) is 1. The Morgan fingerprint density at radius 1 is 1.18 bits per heavy atom. The van der Waals surface area contributed by atoms with Crippen molar-refractivity contribution in [3.63, 3.8) is 0 Å². The molecule has 0 aromatic carbocycles. The van der Waals surface area contributed by atoms with Gasteiger partial charge in [-0.1, -0.05) is 13.8 Å². The van der Waals surface area contributed by atoms with E-state index in [-0.39, 0.29) is 5.54 Å². The van der Waals surface area contributed by atoms with Crippen molar-refractivity contribution < 1.29 is 4.74 Å². The molecule has 0 rings (SSSR count). The first-order valence-corrected chi connectivity index (χ1v) is 6.82. The van der Waals surface area contributed by atoms with Crippen LogP contribution in [0.3, 0.4) is 0 Å². The van der Waals surface area contributed by atoms with E-state index in [9.17, 15) is 0 Å². The number of likely N-dealkylation sites (N-methyl/N-ethyl adjacent to an activating group) is 1. The Morgan fingerprint density at radius 2 is 1.82 bits per heavy atom. The highest BCUT2D eigenvalue weighted by Gasteiger charge is 2.19. The van der Waals surface area contributed by atoms with Gasteiger partial charge in [-0.05, 0) is 59.8 Å². The Morgan fingerprint density at radius 3 is 2.35 bits per heavy atom. The second kappa shape index (κ2) is 8.90. The molecule has 0 radical (unpaired) electrons. The molecule has 0 saturated heterocycles. The zero-order valence-electron chi connectivity index (χ0n) is 12.7. The molecule has 3 heteroatoms. The second-order valence-corrected chi connectivity index (χ2v) is 6.06. The summed E-state index contributed by atoms with van der Waals surface area (Å²) >= 11 is 0. The first-order chi connectivity index (χ1) is 7.86. The van der Waals surface area contributed by atoms with Crippen LogP contribution in [0.2, 0.25) is 0 Å². The van der Waals surface area contributed by atoms with Crippen LogP contribution in [0.1, 0.15) is 40.5 Å². The van der Waals surface area contributed by atoms with Gasteiger partial charge < -0.3 is 15.0 Å². The maximum Gasteiger partial charge on any atom is 0.0644 e. The minimum atomic E-state index is 0.135. The van der Waals surface area contributed by atoms with Crippen LogP contribution >= 0.6 is 0 Å². The third-order valence-electron chi connectivity index (χ3n) is 3.11. The third kappa shape index (κ3) is 9.57. The van der Waals surface area contributed by atoms with Crippen molar-refractivity contribution in [1.82, 2.24) is 10.2 Å². The maximum absolute atomic E-state index is 5.72. The van der Waals surface area contributed by atoms with E-state index in [1.165, 1.54) is 6.42 Å². The van der Waals surface area contributed by atoms with Gasteiger partial charge in [-0.15, -0.1) is 0 Å². The molecule has 104 valence electrons. The van der Waals surface area contributed by atoms with Crippen LogP contribution in [0.5, 0.6) is 0 Å². The van der Waals surface area contributed by atoms with Gasteiger partial charge in [0.05, 0.1) is 6.61 Å². The Labute approximate surface area is 108 Å². The fourth-order valence-electron chi connectivity index (χ4n) is 1.30. The smallest absolute Gasteiger partial charge is 0.0644 e. The molecular weight excluding hydrogens is 212 g/mol. The molecule has 1 N–H and O–H groups in total. The quantitative estimate of drug-likeness (QED) is 0.597. The molecule has 0 spiro atoms. The predicted octanol–water partition coefficient (Wildman–Crippen LogP) is 2.37. The monoisotopic (exact) mass is 244 g/mol. The lowest BCUT2D eigenvalue weighted by atomic mass is 10.1. The Kier molecular flexibility index (Phi) is 8.83. The summed E-state index contributed by atoms with van der Waals surface area (Å²) in [6.45, 7) is 12.8. The minimum absolute atomic E-state index is 0.135. The zero-order valence-corrected chi connectivity index (χ0v) is 12.7. The number of unbranched alkanes of at least 4 members (excludes halogenated alkanes) is 1. The summed E-state index contributed by atoms with van der Waals surface area (Å²) in [5.74, 6) is 0.743. The maximum atomic E-state index is 5.72. The molecule has 0 bridgehead atoms. The van der Waals surface area contributed by atoms with Crippen molar-refractivity contribution in [3.05, 3.63) is 0 Å². The van der Waals surface area contributed by atoms with E-state index in [2.05, 4.69) is 52.0 Å². The standard InChI is InChI=1S/C14H32N2O/c1-13(2)11-15-9-7-8-10-17-12-14(3,4)16(5)6/h13,15H,7-12H2,1-6H3. The molecular formula is C14H32N2O. The van der Waals surface area contributed by atoms with Gasteiger partial charge >= 0.3 is 0 Å². The van der Waals surface area contributed by atoms with E-state index in [1.54, 1.807) is 0 Å². The first kappa shape index (κ1) is 16.9. The van der Waals surface area contributed by atoms with Crippen molar-refractivity contribution >= 4 is 0 Å². The molecule has 0 aromatic heterocycles. The molecule has 3 nitrogen and oxygen atoms in total. The number of rotatable bonds is 10. The van der Waals surface area contributed by atoms with E-state index in [0.717, 1.165) is 38.6 Å². The molecule has 0 aliphatic heterocycles. The summed E-state index contributed by atoms with van der Waals surface area (Å²) in [6, 6.07) is 0. The molecule has 0 fully saturated rings. The SMILES string of the molecule is CC(C)CNCCCCOCC(C)(C)N(C)C. The van der Waals surface area contributed by atoms with Gasteiger partial charge in [0.1, 0.15) is 0 Å². The fourth-order valence-corrected chi connectivity index (χ4v) is 1.30. The summed E-state index contributed by atoms with van der Waals surface area (Å²) in [4.78, 5) is 2.21. The van der Waals surface area contributed by atoms with Gasteiger partial charge in [-0.2, -0.15) is 0 Å². The van der Waals surface area contributed by atoms with Gasteiger partial charge in [-0.3, -0.25) is 0 Å². The summed E-state index contributed by atoms with van der Waals surface area (Å²) in [5, 5.41) is 3.45. The third-order valence-corrected chi connectivity index (χ3v) is 3.11. The molecule has 0 heterocycles. The molecule has 0 amide bonds. The van der Waals surface area contributed by atoms with Crippen LogP contribution in [-0.2, 0) is 4.74 Å². The minimum Gasteiger partial charge on any atom is -0.380 e. The lowest BCUT2D eigenvalue weighted by Gasteiger charge is -2.32. The summed E-state index contributed by atoms with van der Waals surface area (Å²) in [6.07, 6.45) is 2.35. The van der Waals surface area contributed by atoms with Gasteiger partial charge in [0.2, 0.25) is 0 Å². The number of ether oxygens (including phenoxy) is 1. The van der Waals surface area contributed by atoms with Crippen LogP contribution in [0.15, 0.2) is 0 Å². The Balaban J connectivity index is 3.30. The molecule has 0 saturated carbocycles. The number of nitrogens with one attached hydrogen (secondary N) is 1. The van der Waals surface area contributed by atoms with Crippen LogP contribution in [0, 0.1) is 5.92 Å². The van der Waals surface area contributed by atoms with Crippen molar-refractivity contribution in [2.45, 2.75) is 46.1 Å². The highest BCUT2D eigenvalue weighted by atomic mass is 16.5. The second-order valence-electron chi connectivity index (χ2n) is 6.06. The van der Waals surface area contributed by atoms with Crippen LogP contribution in [0.25, 0.3) is 0 Å².